The number of likely N-dealkylation sites (tertiary alicyclic amines) is 1. The minimum atomic E-state index is -0.847. The van der Waals surface area contributed by atoms with Crippen molar-refractivity contribution in [1.29, 1.82) is 0 Å². The van der Waals surface area contributed by atoms with Crippen LogP contribution in [0.5, 0.6) is 23.5 Å². The third kappa shape index (κ3) is 8.01. The molecule has 0 amide bonds. The molecule has 0 spiro atoms. The van der Waals surface area contributed by atoms with Crippen LogP contribution in [-0.4, -0.2) is 97.1 Å². The third-order valence-electron chi connectivity index (χ3n) is 8.50. The normalized spacial score (nSPS) is 17.2. The highest BCUT2D eigenvalue weighted by Crippen LogP contribution is 2.38. The Morgan fingerprint density at radius 3 is 2.41 bits per heavy atom. The molecular weight excluding hydrogens is 612 g/mol. The predicted molar refractivity (Wildman–Crippen MR) is 174 cm³/mol. The number of hydrogen-bond acceptors (Lipinski definition) is 10. The summed E-state index contributed by atoms with van der Waals surface area (Å²) in [6, 6.07) is 11.4. The fraction of sp³-hybridized carbons (Fsp3) is 0.500. The van der Waals surface area contributed by atoms with E-state index in [0.717, 1.165) is 80.1 Å². The highest BCUT2D eigenvalue weighted by molar-refractivity contribution is 6.34. The van der Waals surface area contributed by atoms with E-state index in [1.807, 2.05) is 35.2 Å². The van der Waals surface area contributed by atoms with E-state index >= 15 is 0 Å². The number of carbonyl (C=O) groups is 1. The monoisotopic (exact) mass is 654 g/mol. The number of benzene rings is 2. The fourth-order valence-corrected chi connectivity index (χ4v) is 6.40. The van der Waals surface area contributed by atoms with Gasteiger partial charge in [-0.25, -0.2) is 0 Å². The number of ether oxygens (including phenoxy) is 5. The third-order valence-corrected chi connectivity index (χ3v) is 8.95. The first kappa shape index (κ1) is 33.7. The van der Waals surface area contributed by atoms with Crippen molar-refractivity contribution in [3.8, 4) is 34.6 Å². The number of aliphatic carboxylic acids is 1. The van der Waals surface area contributed by atoms with E-state index in [-0.39, 0.29) is 30.9 Å². The summed E-state index contributed by atoms with van der Waals surface area (Å²) in [5, 5.41) is 10.2. The summed E-state index contributed by atoms with van der Waals surface area (Å²) in [4.78, 5) is 24.9. The number of nitrogens with zero attached hydrogens (tertiary/aromatic N) is 4. The number of aromatic nitrogens is 2. The standard InChI is InChI=1S/C34H43ClN4O7/c1-4-24-25(10-6-13-29(24)45-18-8-14-38-16-19-44-20-17-38)26-11-5-9-23(30(26)35)22-46-34-36-31(42-2)27(32(37-34)43-3)21-39-15-7-12-28(39)33(40)41/h5-6,9-11,13,28H,4,7-8,12,14-22H2,1-3H3,(H,40,41)/t28-/m0/s1. The van der Waals surface area contributed by atoms with Crippen LogP contribution in [0, 0.1) is 0 Å². The van der Waals surface area contributed by atoms with Crippen LogP contribution in [0.15, 0.2) is 36.4 Å². The molecule has 0 saturated carbocycles. The van der Waals surface area contributed by atoms with E-state index in [4.69, 9.17) is 35.3 Å². The van der Waals surface area contributed by atoms with Crippen molar-refractivity contribution in [2.24, 2.45) is 0 Å². The molecule has 0 unspecified atom stereocenters. The molecule has 2 aliphatic heterocycles. The molecule has 2 saturated heterocycles. The highest BCUT2D eigenvalue weighted by atomic mass is 35.5. The van der Waals surface area contributed by atoms with Gasteiger partial charge in [0.05, 0.1) is 44.6 Å². The lowest BCUT2D eigenvalue weighted by Gasteiger charge is -2.26. The zero-order valence-corrected chi connectivity index (χ0v) is 27.6. The summed E-state index contributed by atoms with van der Waals surface area (Å²) in [6.45, 7) is 8.34. The van der Waals surface area contributed by atoms with Gasteiger partial charge >= 0.3 is 12.0 Å². The Morgan fingerprint density at radius 1 is 1.00 bits per heavy atom. The Hall–Kier alpha value is -3.64. The lowest BCUT2D eigenvalue weighted by Crippen LogP contribution is -2.37. The number of hydrogen-bond donors (Lipinski definition) is 1. The van der Waals surface area contributed by atoms with Crippen LogP contribution in [-0.2, 0) is 29.1 Å². The van der Waals surface area contributed by atoms with Gasteiger partial charge in [-0.05, 0) is 43.9 Å². The molecule has 12 heteroatoms. The van der Waals surface area contributed by atoms with Gasteiger partial charge in [0, 0.05) is 42.9 Å². The minimum Gasteiger partial charge on any atom is -0.493 e. The number of methoxy groups -OCH3 is 2. The van der Waals surface area contributed by atoms with E-state index in [2.05, 4.69) is 27.9 Å². The number of morpholine rings is 1. The molecule has 2 aliphatic rings. The van der Waals surface area contributed by atoms with Gasteiger partial charge in [-0.1, -0.05) is 48.9 Å². The predicted octanol–water partition coefficient (Wildman–Crippen LogP) is 5.11. The van der Waals surface area contributed by atoms with Gasteiger partial charge in [0.25, 0.3) is 0 Å². The molecule has 11 nitrogen and oxygen atoms in total. The second-order valence-electron chi connectivity index (χ2n) is 11.3. The summed E-state index contributed by atoms with van der Waals surface area (Å²) in [5.74, 6) is 0.565. The fourth-order valence-electron chi connectivity index (χ4n) is 6.12. The molecule has 3 heterocycles. The van der Waals surface area contributed by atoms with E-state index in [1.54, 1.807) is 0 Å². The molecule has 0 aliphatic carbocycles. The van der Waals surface area contributed by atoms with Gasteiger partial charge in [0.1, 0.15) is 18.4 Å². The maximum Gasteiger partial charge on any atom is 0.323 e. The Kier molecular flexibility index (Phi) is 11.9. The van der Waals surface area contributed by atoms with E-state index in [9.17, 15) is 9.90 Å². The van der Waals surface area contributed by atoms with Crippen LogP contribution in [0.25, 0.3) is 11.1 Å². The van der Waals surface area contributed by atoms with Crippen LogP contribution < -0.4 is 18.9 Å². The summed E-state index contributed by atoms with van der Waals surface area (Å²) in [5.41, 5.74) is 4.35. The second kappa shape index (κ2) is 16.3. The van der Waals surface area contributed by atoms with Gasteiger partial charge in [0.15, 0.2) is 0 Å². The zero-order valence-electron chi connectivity index (χ0n) is 26.8. The maximum atomic E-state index is 11.7. The minimum absolute atomic E-state index is 0.0665. The molecule has 5 rings (SSSR count). The number of carboxylic acids is 1. The number of carboxylic acid groups (broad SMARTS) is 1. The van der Waals surface area contributed by atoms with Crippen LogP contribution >= 0.6 is 11.6 Å². The molecule has 0 bridgehead atoms. The average molecular weight is 655 g/mol. The summed E-state index contributed by atoms with van der Waals surface area (Å²) in [7, 11) is 3.00. The van der Waals surface area contributed by atoms with Gasteiger partial charge in [-0.2, -0.15) is 9.97 Å². The van der Waals surface area contributed by atoms with Gasteiger partial charge in [0.2, 0.25) is 11.8 Å². The first-order valence-electron chi connectivity index (χ1n) is 15.8. The first-order chi connectivity index (χ1) is 22.4. The van der Waals surface area contributed by atoms with Crippen molar-refractivity contribution in [3.05, 3.63) is 58.1 Å². The molecule has 1 aromatic heterocycles. The van der Waals surface area contributed by atoms with Crippen molar-refractivity contribution < 1.29 is 33.6 Å². The molecule has 0 radical (unpaired) electrons. The molecular formula is C34H43ClN4O7. The van der Waals surface area contributed by atoms with Crippen molar-refractivity contribution in [3.63, 3.8) is 0 Å². The van der Waals surface area contributed by atoms with Crippen molar-refractivity contribution in [2.45, 2.75) is 51.8 Å². The lowest BCUT2D eigenvalue weighted by molar-refractivity contribution is -0.142. The number of halogens is 1. The first-order valence-corrected chi connectivity index (χ1v) is 16.2. The Morgan fingerprint density at radius 2 is 1.72 bits per heavy atom. The van der Waals surface area contributed by atoms with E-state index < -0.39 is 12.0 Å². The molecule has 1 atom stereocenters. The Labute approximate surface area is 275 Å². The molecule has 248 valence electrons. The SMILES string of the molecule is CCc1c(OCCCN2CCOCC2)cccc1-c1cccc(COc2nc(OC)c(CN3CCC[C@H]3C(=O)O)c(OC)n2)c1Cl. The molecule has 46 heavy (non-hydrogen) atoms. The number of rotatable bonds is 15. The van der Waals surface area contributed by atoms with Gasteiger partial charge in [-0.3, -0.25) is 14.6 Å². The van der Waals surface area contributed by atoms with Crippen LogP contribution in [0.1, 0.15) is 42.9 Å². The Bertz CT molecular complexity index is 1460. The van der Waals surface area contributed by atoms with Crippen molar-refractivity contribution in [1.82, 2.24) is 19.8 Å². The van der Waals surface area contributed by atoms with E-state index in [1.165, 1.54) is 14.2 Å². The van der Waals surface area contributed by atoms with Crippen LogP contribution in [0.3, 0.4) is 0 Å². The maximum absolute atomic E-state index is 11.7. The highest BCUT2D eigenvalue weighted by Gasteiger charge is 2.32. The van der Waals surface area contributed by atoms with E-state index in [0.29, 0.717) is 30.2 Å². The van der Waals surface area contributed by atoms with Crippen molar-refractivity contribution in [2.75, 3.05) is 60.2 Å². The largest absolute Gasteiger partial charge is 0.493 e. The topological polar surface area (TPSA) is 116 Å². The average Bonchev–Trinajstić information content (AvgIpc) is 3.55. The quantitative estimate of drug-likeness (QED) is 0.221. The summed E-state index contributed by atoms with van der Waals surface area (Å²) < 4.78 is 28.9. The van der Waals surface area contributed by atoms with Gasteiger partial charge < -0.3 is 28.8 Å². The molecule has 3 aromatic rings. The lowest BCUT2D eigenvalue weighted by atomic mass is 9.96. The van der Waals surface area contributed by atoms with Crippen LogP contribution in [0.2, 0.25) is 5.02 Å². The van der Waals surface area contributed by atoms with Crippen LogP contribution in [0.4, 0.5) is 0 Å². The van der Waals surface area contributed by atoms with Crippen molar-refractivity contribution >= 4 is 17.6 Å². The smallest absolute Gasteiger partial charge is 0.323 e. The van der Waals surface area contributed by atoms with Gasteiger partial charge in [-0.15, -0.1) is 0 Å². The molecule has 1 N–H and O–H groups in total. The Balaban J connectivity index is 1.29. The molecule has 2 fully saturated rings. The summed E-state index contributed by atoms with van der Waals surface area (Å²) >= 11 is 7.00. The summed E-state index contributed by atoms with van der Waals surface area (Å²) in [6.07, 6.45) is 3.13. The zero-order chi connectivity index (χ0) is 32.5. The molecule has 2 aromatic carbocycles. The second-order valence-corrected chi connectivity index (χ2v) is 11.7.